The monoisotopic (exact) mass is 529 g/mol. The number of thiazole rings is 1. The van der Waals surface area contributed by atoms with E-state index >= 15 is 0 Å². The van der Waals surface area contributed by atoms with Crippen LogP contribution in [0.5, 0.6) is 5.75 Å². The van der Waals surface area contributed by atoms with Crippen LogP contribution < -0.4 is 15.4 Å². The molecule has 7 nitrogen and oxygen atoms in total. The third-order valence-corrected chi connectivity index (χ3v) is 6.30. The van der Waals surface area contributed by atoms with Crippen molar-refractivity contribution in [3.8, 4) is 17.0 Å². The van der Waals surface area contributed by atoms with Gasteiger partial charge in [-0.1, -0.05) is 71.3 Å². The topological polar surface area (TPSA) is 93.5 Å². The Labute approximate surface area is 216 Å². The molecule has 2 heterocycles. The fourth-order valence-electron chi connectivity index (χ4n) is 3.14. The van der Waals surface area contributed by atoms with Crippen molar-refractivity contribution in [2.45, 2.75) is 20.3 Å². The Morgan fingerprint density at radius 2 is 1.77 bits per heavy atom. The molecule has 10 heteroatoms. The SMILES string of the molecule is CCCOc1c(Cl)cc(C(=O)Nc2nc(-c3ccc(C)cc3)c(NC(=O)c3ccco3)s2)cc1Cl. The number of amides is 2. The van der Waals surface area contributed by atoms with Crippen molar-refractivity contribution < 1.29 is 18.7 Å². The molecule has 2 aromatic heterocycles. The van der Waals surface area contributed by atoms with Crippen molar-refractivity contribution in [1.29, 1.82) is 0 Å². The van der Waals surface area contributed by atoms with Gasteiger partial charge in [0.2, 0.25) is 0 Å². The summed E-state index contributed by atoms with van der Waals surface area (Å²) in [5.41, 5.74) is 2.63. The van der Waals surface area contributed by atoms with Gasteiger partial charge in [-0.05, 0) is 37.6 Å². The summed E-state index contributed by atoms with van der Waals surface area (Å²) in [5.74, 6) is -0.380. The van der Waals surface area contributed by atoms with E-state index in [0.717, 1.165) is 28.9 Å². The smallest absolute Gasteiger partial charge is 0.292 e. The Kier molecular flexibility index (Phi) is 7.75. The molecular weight excluding hydrogens is 509 g/mol. The Hall–Kier alpha value is -3.33. The molecule has 0 aliphatic heterocycles. The molecule has 0 aliphatic rings. The van der Waals surface area contributed by atoms with Gasteiger partial charge in [-0.3, -0.25) is 14.9 Å². The van der Waals surface area contributed by atoms with Crippen molar-refractivity contribution in [3.63, 3.8) is 0 Å². The predicted octanol–water partition coefficient (Wildman–Crippen LogP) is 7.31. The fraction of sp³-hybridized carbons (Fsp3) is 0.160. The summed E-state index contributed by atoms with van der Waals surface area (Å²) in [5, 5.41) is 6.81. The molecule has 2 aromatic carbocycles. The largest absolute Gasteiger partial charge is 0.490 e. The number of aromatic nitrogens is 1. The quantitative estimate of drug-likeness (QED) is 0.249. The van der Waals surface area contributed by atoms with Gasteiger partial charge in [0.15, 0.2) is 16.6 Å². The van der Waals surface area contributed by atoms with Crippen LogP contribution in [0.15, 0.2) is 59.2 Å². The van der Waals surface area contributed by atoms with Gasteiger partial charge < -0.3 is 14.5 Å². The number of carbonyl (C=O) groups is 2. The summed E-state index contributed by atoms with van der Waals surface area (Å²) in [4.78, 5) is 30.1. The highest BCUT2D eigenvalue weighted by atomic mass is 35.5. The lowest BCUT2D eigenvalue weighted by molar-refractivity contribution is 0.0995. The third-order valence-electron chi connectivity index (χ3n) is 4.86. The van der Waals surface area contributed by atoms with E-state index in [0.29, 0.717) is 28.2 Å². The van der Waals surface area contributed by atoms with Crippen LogP contribution in [0, 0.1) is 6.92 Å². The zero-order valence-corrected chi connectivity index (χ0v) is 21.2. The Balaban J connectivity index is 1.61. The van der Waals surface area contributed by atoms with Crippen LogP contribution in [-0.2, 0) is 0 Å². The molecule has 0 saturated carbocycles. The highest BCUT2D eigenvalue weighted by molar-refractivity contribution is 7.20. The number of furan rings is 1. The molecule has 0 fully saturated rings. The zero-order chi connectivity index (χ0) is 24.9. The minimum absolute atomic E-state index is 0.161. The van der Waals surface area contributed by atoms with Crippen LogP contribution in [0.25, 0.3) is 11.3 Å². The summed E-state index contributed by atoms with van der Waals surface area (Å²) < 4.78 is 10.7. The number of nitrogens with zero attached hydrogens (tertiary/aromatic N) is 1. The zero-order valence-electron chi connectivity index (χ0n) is 18.9. The third kappa shape index (κ3) is 5.85. The molecule has 0 spiro atoms. The first-order chi connectivity index (χ1) is 16.9. The van der Waals surface area contributed by atoms with Crippen molar-refractivity contribution in [2.24, 2.45) is 0 Å². The average Bonchev–Trinajstić information content (AvgIpc) is 3.49. The first kappa shape index (κ1) is 24.8. The molecule has 0 bridgehead atoms. The van der Waals surface area contributed by atoms with E-state index < -0.39 is 11.8 Å². The van der Waals surface area contributed by atoms with Gasteiger partial charge in [-0.2, -0.15) is 0 Å². The van der Waals surface area contributed by atoms with Gasteiger partial charge in [-0.15, -0.1) is 0 Å². The molecule has 0 aliphatic carbocycles. The van der Waals surface area contributed by atoms with E-state index in [2.05, 4.69) is 15.6 Å². The molecule has 0 saturated heterocycles. The molecule has 180 valence electrons. The van der Waals surface area contributed by atoms with E-state index in [1.54, 1.807) is 12.1 Å². The van der Waals surface area contributed by atoms with Gasteiger partial charge in [0.25, 0.3) is 11.8 Å². The highest BCUT2D eigenvalue weighted by Gasteiger charge is 2.20. The van der Waals surface area contributed by atoms with Gasteiger partial charge in [0.1, 0.15) is 10.7 Å². The van der Waals surface area contributed by atoms with E-state index in [4.69, 9.17) is 32.4 Å². The summed E-state index contributed by atoms with van der Waals surface area (Å²) in [6.45, 7) is 4.40. The normalized spacial score (nSPS) is 10.7. The van der Waals surface area contributed by atoms with Crippen LogP contribution in [0.1, 0.15) is 39.8 Å². The number of nitrogens with one attached hydrogen (secondary N) is 2. The van der Waals surface area contributed by atoms with E-state index in [-0.39, 0.29) is 21.4 Å². The molecule has 4 rings (SSSR count). The van der Waals surface area contributed by atoms with Crippen LogP contribution in [0.3, 0.4) is 0 Å². The van der Waals surface area contributed by atoms with Gasteiger partial charge in [-0.25, -0.2) is 4.98 Å². The highest BCUT2D eigenvalue weighted by Crippen LogP contribution is 2.38. The minimum Gasteiger partial charge on any atom is -0.490 e. The maximum atomic E-state index is 12.9. The molecular formula is C25H21Cl2N3O4S. The lowest BCUT2D eigenvalue weighted by Gasteiger charge is -2.10. The molecule has 0 atom stereocenters. The van der Waals surface area contributed by atoms with Crippen molar-refractivity contribution in [1.82, 2.24) is 4.98 Å². The van der Waals surface area contributed by atoms with Crippen LogP contribution in [0.2, 0.25) is 10.0 Å². The van der Waals surface area contributed by atoms with E-state index in [1.165, 1.54) is 18.4 Å². The molecule has 0 radical (unpaired) electrons. The molecule has 2 amide bonds. The first-order valence-electron chi connectivity index (χ1n) is 10.7. The fourth-order valence-corrected chi connectivity index (χ4v) is 4.61. The molecule has 35 heavy (non-hydrogen) atoms. The van der Waals surface area contributed by atoms with Crippen LogP contribution in [-0.4, -0.2) is 23.4 Å². The second kappa shape index (κ2) is 10.9. The number of carbonyl (C=O) groups excluding carboxylic acids is 2. The van der Waals surface area contributed by atoms with Crippen molar-refractivity contribution >= 4 is 56.5 Å². The van der Waals surface area contributed by atoms with E-state index in [1.807, 2.05) is 38.1 Å². The lowest BCUT2D eigenvalue weighted by atomic mass is 10.1. The lowest BCUT2D eigenvalue weighted by Crippen LogP contribution is -2.12. The van der Waals surface area contributed by atoms with Crippen LogP contribution in [0.4, 0.5) is 10.1 Å². The molecule has 0 unspecified atom stereocenters. The standard InChI is InChI=1S/C25H21Cl2N3O4S/c1-3-10-34-21-17(26)12-16(13-18(21)27)22(31)30-25-28-20(15-8-6-14(2)7-9-15)24(35-25)29-23(32)19-5-4-11-33-19/h4-9,11-13H,3,10H2,1-2H3,(H,29,32)(H,28,30,31). The second-order valence-corrected chi connectivity index (χ2v) is 9.38. The first-order valence-corrected chi connectivity index (χ1v) is 12.3. The average molecular weight is 530 g/mol. The second-order valence-electron chi connectivity index (χ2n) is 7.57. The Morgan fingerprint density at radius 3 is 2.40 bits per heavy atom. The summed E-state index contributed by atoms with van der Waals surface area (Å²) in [6, 6.07) is 13.8. The summed E-state index contributed by atoms with van der Waals surface area (Å²) >= 11 is 13.7. The molecule has 2 N–H and O–H groups in total. The number of hydrogen-bond acceptors (Lipinski definition) is 6. The number of anilines is 2. The summed E-state index contributed by atoms with van der Waals surface area (Å²) in [6.07, 6.45) is 2.21. The predicted molar refractivity (Wildman–Crippen MR) is 139 cm³/mol. The Morgan fingerprint density at radius 1 is 1.06 bits per heavy atom. The van der Waals surface area contributed by atoms with Gasteiger partial charge >= 0.3 is 0 Å². The van der Waals surface area contributed by atoms with Crippen LogP contribution >= 0.6 is 34.5 Å². The maximum absolute atomic E-state index is 12.9. The maximum Gasteiger partial charge on any atom is 0.292 e. The van der Waals surface area contributed by atoms with Crippen molar-refractivity contribution in [3.05, 3.63) is 81.7 Å². The van der Waals surface area contributed by atoms with E-state index in [9.17, 15) is 9.59 Å². The number of ether oxygens (including phenoxy) is 1. The van der Waals surface area contributed by atoms with Crippen molar-refractivity contribution in [2.75, 3.05) is 17.2 Å². The van der Waals surface area contributed by atoms with Gasteiger partial charge in [0, 0.05) is 11.1 Å². The number of benzene rings is 2. The Bertz CT molecular complexity index is 1330. The summed E-state index contributed by atoms with van der Waals surface area (Å²) in [7, 11) is 0. The number of aryl methyl sites for hydroxylation is 1. The van der Waals surface area contributed by atoms with Gasteiger partial charge in [0.05, 0.1) is 22.9 Å². The number of halogens is 2. The number of hydrogen-bond donors (Lipinski definition) is 2. The number of rotatable bonds is 8. The minimum atomic E-state index is -0.455. The molecule has 4 aromatic rings.